The van der Waals surface area contributed by atoms with Crippen molar-refractivity contribution in [1.82, 2.24) is 4.57 Å². The summed E-state index contributed by atoms with van der Waals surface area (Å²) in [7, 11) is 0. The van der Waals surface area contributed by atoms with Crippen LogP contribution in [0.5, 0.6) is 0 Å². The van der Waals surface area contributed by atoms with Crippen LogP contribution in [-0.2, 0) is 13.0 Å². The molecule has 3 rings (SSSR count). The third kappa shape index (κ3) is 2.11. The molecule has 1 aliphatic carbocycles. The monoisotopic (exact) mass is 309 g/mol. The van der Waals surface area contributed by atoms with E-state index in [2.05, 4.69) is 32.6 Å². The number of halogens is 1. The van der Waals surface area contributed by atoms with Crippen LogP contribution in [0.3, 0.4) is 0 Å². The van der Waals surface area contributed by atoms with Crippen LogP contribution < -0.4 is 0 Å². The van der Waals surface area contributed by atoms with E-state index in [-0.39, 0.29) is 0 Å². The number of hydrogen-bond acceptors (Lipinski definition) is 2. The van der Waals surface area contributed by atoms with Crippen LogP contribution in [0, 0.1) is 0 Å². The summed E-state index contributed by atoms with van der Waals surface area (Å²) in [5.74, 6) is 0.303. The predicted molar refractivity (Wildman–Crippen MR) is 72.8 cm³/mol. The first-order chi connectivity index (χ1) is 8.24. The molecular formula is C13H12BrNOS. The highest BCUT2D eigenvalue weighted by atomic mass is 79.9. The van der Waals surface area contributed by atoms with E-state index in [9.17, 15) is 4.79 Å². The van der Waals surface area contributed by atoms with Crippen LogP contribution in [-0.4, -0.2) is 10.4 Å². The van der Waals surface area contributed by atoms with Gasteiger partial charge in [0.1, 0.15) is 0 Å². The normalized spacial score (nSPS) is 15.0. The molecule has 2 aromatic heterocycles. The zero-order valence-corrected chi connectivity index (χ0v) is 11.7. The molecule has 2 heterocycles. The largest absolute Gasteiger partial charge is 0.346 e. The lowest BCUT2D eigenvalue weighted by atomic mass is 9.97. The summed E-state index contributed by atoms with van der Waals surface area (Å²) in [5.41, 5.74) is 2.15. The zero-order chi connectivity index (χ0) is 11.8. The highest BCUT2D eigenvalue weighted by Crippen LogP contribution is 2.26. The number of thiophene rings is 1. The fourth-order valence-corrected chi connectivity index (χ4v) is 3.82. The van der Waals surface area contributed by atoms with Gasteiger partial charge in [-0.1, -0.05) is 0 Å². The number of nitrogens with zero attached hydrogens (tertiary/aromatic N) is 1. The van der Waals surface area contributed by atoms with E-state index in [1.54, 1.807) is 11.3 Å². The third-order valence-corrected chi connectivity index (χ3v) is 4.76. The van der Waals surface area contributed by atoms with Crippen molar-refractivity contribution in [2.24, 2.45) is 0 Å². The molecule has 0 spiro atoms. The molecule has 0 atom stereocenters. The zero-order valence-electron chi connectivity index (χ0n) is 9.28. The van der Waals surface area contributed by atoms with E-state index in [0.29, 0.717) is 12.2 Å². The van der Waals surface area contributed by atoms with Crippen molar-refractivity contribution in [1.29, 1.82) is 0 Å². The lowest BCUT2D eigenvalue weighted by Gasteiger charge is -2.14. The minimum atomic E-state index is 0.303. The van der Waals surface area contributed by atoms with Crippen molar-refractivity contribution in [3.8, 4) is 0 Å². The second-order valence-corrected chi connectivity index (χ2v) is 6.83. The standard InChI is InChI=1S/C13H12BrNOS/c14-13-5-4-9(17-13)8-15-7-6-10-11(15)2-1-3-12(10)16/h4-7H,1-3,8H2. The SMILES string of the molecule is O=C1CCCc2c1ccn2Cc1ccc(Br)s1. The average molecular weight is 310 g/mol. The van der Waals surface area contributed by atoms with E-state index in [4.69, 9.17) is 0 Å². The van der Waals surface area contributed by atoms with E-state index in [1.165, 1.54) is 10.6 Å². The van der Waals surface area contributed by atoms with Crippen molar-refractivity contribution in [3.63, 3.8) is 0 Å². The second-order valence-electron chi connectivity index (χ2n) is 4.29. The van der Waals surface area contributed by atoms with Crippen LogP contribution >= 0.6 is 27.3 Å². The van der Waals surface area contributed by atoms with E-state index in [1.807, 2.05) is 12.3 Å². The number of ketones is 1. The van der Waals surface area contributed by atoms with Crippen LogP contribution in [0.4, 0.5) is 0 Å². The molecule has 0 fully saturated rings. The summed E-state index contributed by atoms with van der Waals surface area (Å²) in [4.78, 5) is 13.1. The number of Topliss-reactive ketones (excluding diaryl/α,β-unsaturated/α-hetero) is 1. The van der Waals surface area contributed by atoms with Crippen LogP contribution in [0.2, 0.25) is 0 Å². The quantitative estimate of drug-likeness (QED) is 0.825. The maximum absolute atomic E-state index is 11.7. The van der Waals surface area contributed by atoms with Gasteiger partial charge in [0.05, 0.1) is 10.3 Å². The van der Waals surface area contributed by atoms with Gasteiger partial charge < -0.3 is 4.57 Å². The van der Waals surface area contributed by atoms with Crippen LogP contribution in [0.1, 0.15) is 33.8 Å². The minimum Gasteiger partial charge on any atom is -0.346 e. The lowest BCUT2D eigenvalue weighted by molar-refractivity contribution is 0.0972. The first-order valence-electron chi connectivity index (χ1n) is 5.69. The summed E-state index contributed by atoms with van der Waals surface area (Å²) < 4.78 is 3.37. The smallest absolute Gasteiger partial charge is 0.164 e. The van der Waals surface area contributed by atoms with Gasteiger partial charge in [-0.2, -0.15) is 0 Å². The maximum Gasteiger partial charge on any atom is 0.164 e. The Morgan fingerprint density at radius 2 is 2.18 bits per heavy atom. The molecule has 2 nitrogen and oxygen atoms in total. The molecule has 0 saturated carbocycles. The van der Waals surface area contributed by atoms with E-state index >= 15 is 0 Å². The number of rotatable bonds is 2. The highest BCUT2D eigenvalue weighted by Gasteiger charge is 2.20. The molecule has 0 amide bonds. The van der Waals surface area contributed by atoms with Gasteiger partial charge in [0.2, 0.25) is 0 Å². The van der Waals surface area contributed by atoms with Crippen molar-refractivity contribution in [2.75, 3.05) is 0 Å². The minimum absolute atomic E-state index is 0.303. The summed E-state index contributed by atoms with van der Waals surface area (Å²) in [5, 5.41) is 0. The molecule has 0 saturated heterocycles. The Bertz CT molecular complexity index is 570. The fourth-order valence-electron chi connectivity index (χ4n) is 2.34. The summed E-state index contributed by atoms with van der Waals surface area (Å²) in [6.45, 7) is 0.874. The van der Waals surface area contributed by atoms with Gasteiger partial charge in [-0.15, -0.1) is 11.3 Å². The van der Waals surface area contributed by atoms with Crippen LogP contribution in [0.15, 0.2) is 28.2 Å². The highest BCUT2D eigenvalue weighted by molar-refractivity contribution is 9.11. The second kappa shape index (κ2) is 4.42. The molecule has 0 aliphatic heterocycles. The number of hydrogen-bond donors (Lipinski definition) is 0. The molecule has 0 aromatic carbocycles. The fraction of sp³-hybridized carbons (Fsp3) is 0.308. The molecule has 4 heteroatoms. The van der Waals surface area contributed by atoms with Crippen LogP contribution in [0.25, 0.3) is 0 Å². The number of carbonyl (C=O) groups is 1. The average Bonchev–Trinajstić information content (AvgIpc) is 2.88. The number of fused-ring (bicyclic) bond motifs is 1. The Kier molecular flexibility index (Phi) is 2.92. The van der Waals surface area contributed by atoms with E-state index < -0.39 is 0 Å². The first kappa shape index (κ1) is 11.2. The molecule has 0 radical (unpaired) electrons. The Morgan fingerprint density at radius 3 is 2.94 bits per heavy atom. The van der Waals surface area contributed by atoms with E-state index in [0.717, 1.165) is 28.7 Å². The predicted octanol–water partition coefficient (Wildman–Crippen LogP) is 3.88. The van der Waals surface area contributed by atoms with Gasteiger partial charge >= 0.3 is 0 Å². The number of carbonyl (C=O) groups excluding carboxylic acids is 1. The summed E-state index contributed by atoms with van der Waals surface area (Å²) in [6.07, 6.45) is 4.77. The molecule has 0 bridgehead atoms. The Hall–Kier alpha value is -0.870. The lowest BCUT2D eigenvalue weighted by Crippen LogP contribution is -2.13. The summed E-state index contributed by atoms with van der Waals surface area (Å²) in [6, 6.07) is 6.17. The first-order valence-corrected chi connectivity index (χ1v) is 7.30. The Balaban J connectivity index is 1.91. The van der Waals surface area contributed by atoms with Gasteiger partial charge in [-0.25, -0.2) is 0 Å². The number of aromatic nitrogens is 1. The van der Waals surface area contributed by atoms with Gasteiger partial charge in [-0.05, 0) is 47.0 Å². The van der Waals surface area contributed by atoms with Crippen molar-refractivity contribution < 1.29 is 4.79 Å². The van der Waals surface area contributed by atoms with Crippen molar-refractivity contribution in [3.05, 3.63) is 44.3 Å². The van der Waals surface area contributed by atoms with Gasteiger partial charge in [0.15, 0.2) is 5.78 Å². The molecule has 1 aliphatic rings. The third-order valence-electron chi connectivity index (χ3n) is 3.15. The van der Waals surface area contributed by atoms with Gasteiger partial charge in [0, 0.05) is 28.8 Å². The van der Waals surface area contributed by atoms with Crippen molar-refractivity contribution >= 4 is 33.0 Å². The Labute approximate surface area is 112 Å². The summed E-state index contributed by atoms with van der Waals surface area (Å²) >= 11 is 5.22. The topological polar surface area (TPSA) is 22.0 Å². The molecule has 0 N–H and O–H groups in total. The molecule has 17 heavy (non-hydrogen) atoms. The molecular weight excluding hydrogens is 298 g/mol. The van der Waals surface area contributed by atoms with Gasteiger partial charge in [-0.3, -0.25) is 4.79 Å². The molecule has 2 aromatic rings. The van der Waals surface area contributed by atoms with Crippen molar-refractivity contribution in [2.45, 2.75) is 25.8 Å². The maximum atomic E-state index is 11.7. The Morgan fingerprint density at radius 1 is 1.29 bits per heavy atom. The molecule has 0 unspecified atom stereocenters. The van der Waals surface area contributed by atoms with Gasteiger partial charge in [0.25, 0.3) is 0 Å². The molecule has 88 valence electrons.